The number of amides is 1. The Morgan fingerprint density at radius 3 is 2.57 bits per heavy atom. The van der Waals surface area contributed by atoms with Crippen LogP contribution in [-0.4, -0.2) is 11.9 Å². The predicted octanol–water partition coefficient (Wildman–Crippen LogP) is 1.30. The molecule has 0 aromatic heterocycles. The fraction of sp³-hybridized carbons (Fsp3) is 0.727. The number of carbonyl (C=O) groups excluding carboxylic acids is 1. The van der Waals surface area contributed by atoms with Gasteiger partial charge in [0.05, 0.1) is 6.04 Å². The summed E-state index contributed by atoms with van der Waals surface area (Å²) in [7, 11) is 0. The van der Waals surface area contributed by atoms with Crippen molar-refractivity contribution in [3.63, 3.8) is 0 Å². The van der Waals surface area contributed by atoms with Gasteiger partial charge >= 0.3 is 0 Å². The highest BCUT2D eigenvalue weighted by Crippen LogP contribution is 2.47. The average molecular weight is 194 g/mol. The number of hydrogen-bond acceptors (Lipinski definition) is 2. The van der Waals surface area contributed by atoms with Crippen LogP contribution in [0.4, 0.5) is 0 Å². The van der Waals surface area contributed by atoms with Crippen LogP contribution >= 0.6 is 0 Å². The molecule has 0 aromatic rings. The van der Waals surface area contributed by atoms with Gasteiger partial charge in [-0.2, -0.15) is 0 Å². The van der Waals surface area contributed by atoms with Crippen LogP contribution in [-0.2, 0) is 4.79 Å². The van der Waals surface area contributed by atoms with E-state index in [-0.39, 0.29) is 11.9 Å². The monoisotopic (exact) mass is 194 g/mol. The van der Waals surface area contributed by atoms with E-state index in [1.54, 1.807) is 0 Å². The topological polar surface area (TPSA) is 55.1 Å². The quantitative estimate of drug-likeness (QED) is 0.610. The molecule has 0 unspecified atom stereocenters. The first-order chi connectivity index (χ1) is 6.50. The lowest BCUT2D eigenvalue weighted by Crippen LogP contribution is -2.46. The van der Waals surface area contributed by atoms with Crippen molar-refractivity contribution in [3.05, 3.63) is 11.3 Å². The number of allylic oxidation sites excluding steroid dienone is 2. The van der Waals surface area contributed by atoms with Crippen LogP contribution in [0.1, 0.15) is 39.5 Å². The molecule has 1 atom stereocenters. The molecule has 1 saturated heterocycles. The third-order valence-electron chi connectivity index (χ3n) is 3.50. The second kappa shape index (κ2) is 3.09. The van der Waals surface area contributed by atoms with E-state index in [1.165, 1.54) is 12.0 Å². The molecule has 3 heteroatoms. The Labute approximate surface area is 84.7 Å². The molecule has 0 bridgehead atoms. The van der Waals surface area contributed by atoms with Crippen molar-refractivity contribution in [2.24, 2.45) is 11.1 Å². The van der Waals surface area contributed by atoms with Gasteiger partial charge in [0.2, 0.25) is 5.91 Å². The summed E-state index contributed by atoms with van der Waals surface area (Å²) in [5, 5.41) is 2.94. The Morgan fingerprint density at radius 1 is 1.43 bits per heavy atom. The number of carbonyl (C=O) groups is 1. The van der Waals surface area contributed by atoms with E-state index in [1.807, 2.05) is 0 Å². The van der Waals surface area contributed by atoms with E-state index in [4.69, 9.17) is 5.73 Å². The molecule has 0 aromatic carbocycles. The molecule has 0 radical (unpaired) electrons. The maximum absolute atomic E-state index is 11.4. The number of rotatable bonds is 0. The number of nitrogens with one attached hydrogen (secondary N) is 1. The largest absolute Gasteiger partial charge is 0.328 e. The zero-order chi connectivity index (χ0) is 10.3. The van der Waals surface area contributed by atoms with E-state index < -0.39 is 0 Å². The fourth-order valence-electron chi connectivity index (χ4n) is 2.27. The second-order valence-electron chi connectivity index (χ2n) is 4.98. The number of nitrogens with two attached hydrogens (primary N) is 1. The first-order valence-electron chi connectivity index (χ1n) is 5.30. The number of hydrogen-bond donors (Lipinski definition) is 2. The van der Waals surface area contributed by atoms with Gasteiger partial charge in [-0.1, -0.05) is 13.8 Å². The molecule has 1 heterocycles. The second-order valence-corrected chi connectivity index (χ2v) is 4.98. The van der Waals surface area contributed by atoms with Gasteiger partial charge in [-0.25, -0.2) is 0 Å². The van der Waals surface area contributed by atoms with Crippen LogP contribution in [0.5, 0.6) is 0 Å². The Morgan fingerprint density at radius 2 is 2.14 bits per heavy atom. The van der Waals surface area contributed by atoms with E-state index in [2.05, 4.69) is 19.2 Å². The van der Waals surface area contributed by atoms with E-state index >= 15 is 0 Å². The molecule has 78 valence electrons. The lowest BCUT2D eigenvalue weighted by atomic mass is 9.66. The van der Waals surface area contributed by atoms with Crippen molar-refractivity contribution < 1.29 is 4.79 Å². The van der Waals surface area contributed by atoms with E-state index in [0.717, 1.165) is 25.0 Å². The highest BCUT2D eigenvalue weighted by molar-refractivity contribution is 5.84. The summed E-state index contributed by atoms with van der Waals surface area (Å²) in [6.07, 6.45) is 4.10. The maximum Gasteiger partial charge on any atom is 0.241 e. The molecule has 2 aliphatic rings. The van der Waals surface area contributed by atoms with Crippen molar-refractivity contribution in [2.45, 2.75) is 45.6 Å². The standard InChI is InChI=1S/C11H18N2O/c1-11(2)6-5-7(11)9-4-3-8(12)10(14)13-9/h8H,3-6,12H2,1-2H3,(H,13,14)/b9-7+/t8-/m0/s1. The maximum atomic E-state index is 11.4. The minimum absolute atomic E-state index is 0.0125. The third kappa shape index (κ3) is 1.46. The van der Waals surface area contributed by atoms with Gasteiger partial charge in [0.1, 0.15) is 0 Å². The summed E-state index contributed by atoms with van der Waals surface area (Å²) in [6.45, 7) is 4.47. The average Bonchev–Trinajstić information content (AvgIpc) is 2.10. The lowest BCUT2D eigenvalue weighted by molar-refractivity contribution is -0.122. The van der Waals surface area contributed by atoms with Crippen LogP contribution < -0.4 is 11.1 Å². The molecule has 3 N–H and O–H groups in total. The van der Waals surface area contributed by atoms with Crippen molar-refractivity contribution in [3.8, 4) is 0 Å². The van der Waals surface area contributed by atoms with Gasteiger partial charge in [0, 0.05) is 5.70 Å². The number of piperidine rings is 1. The Kier molecular flexibility index (Phi) is 2.14. The molecule has 0 spiro atoms. The summed E-state index contributed by atoms with van der Waals surface area (Å²) in [5.74, 6) is -0.0125. The Balaban J connectivity index is 2.17. The Hall–Kier alpha value is -0.830. The smallest absolute Gasteiger partial charge is 0.241 e. The van der Waals surface area contributed by atoms with Gasteiger partial charge in [-0.3, -0.25) is 4.79 Å². The van der Waals surface area contributed by atoms with Gasteiger partial charge in [0.15, 0.2) is 0 Å². The van der Waals surface area contributed by atoms with E-state index in [9.17, 15) is 4.79 Å². The highest BCUT2D eigenvalue weighted by atomic mass is 16.2. The summed E-state index contributed by atoms with van der Waals surface area (Å²) in [4.78, 5) is 11.4. The minimum atomic E-state index is -0.303. The molecule has 14 heavy (non-hydrogen) atoms. The first-order valence-corrected chi connectivity index (χ1v) is 5.30. The third-order valence-corrected chi connectivity index (χ3v) is 3.50. The van der Waals surface area contributed by atoms with Crippen LogP contribution in [0.2, 0.25) is 0 Å². The van der Waals surface area contributed by atoms with E-state index in [0.29, 0.717) is 5.41 Å². The summed E-state index contributed by atoms with van der Waals surface area (Å²) >= 11 is 0. The lowest BCUT2D eigenvalue weighted by Gasteiger charge is -2.41. The van der Waals surface area contributed by atoms with Crippen molar-refractivity contribution in [1.82, 2.24) is 5.32 Å². The zero-order valence-corrected chi connectivity index (χ0v) is 8.89. The first kappa shape index (κ1) is 9.71. The Bertz CT molecular complexity index is 304. The van der Waals surface area contributed by atoms with Crippen LogP contribution in [0, 0.1) is 5.41 Å². The van der Waals surface area contributed by atoms with Crippen molar-refractivity contribution in [2.75, 3.05) is 0 Å². The summed E-state index contributed by atoms with van der Waals surface area (Å²) < 4.78 is 0. The molecule has 1 amide bonds. The molecule has 1 aliphatic carbocycles. The van der Waals surface area contributed by atoms with Gasteiger partial charge in [-0.15, -0.1) is 0 Å². The molecule has 1 saturated carbocycles. The SMILES string of the molecule is CC1(C)CC/C1=C1/CC[C@H](N)C(=O)N1. The molecule has 3 nitrogen and oxygen atoms in total. The summed E-state index contributed by atoms with van der Waals surface area (Å²) in [6, 6.07) is -0.303. The normalized spacial score (nSPS) is 36.2. The van der Waals surface area contributed by atoms with Gasteiger partial charge in [-0.05, 0) is 36.7 Å². The molecule has 2 rings (SSSR count). The molecular formula is C11H18N2O. The molecule has 1 aliphatic heterocycles. The zero-order valence-electron chi connectivity index (χ0n) is 8.89. The molecular weight excluding hydrogens is 176 g/mol. The van der Waals surface area contributed by atoms with Gasteiger partial charge < -0.3 is 11.1 Å². The van der Waals surface area contributed by atoms with Crippen molar-refractivity contribution >= 4 is 5.91 Å². The minimum Gasteiger partial charge on any atom is -0.328 e. The van der Waals surface area contributed by atoms with Crippen LogP contribution in [0.15, 0.2) is 11.3 Å². The molecule has 2 fully saturated rings. The van der Waals surface area contributed by atoms with Crippen molar-refractivity contribution in [1.29, 1.82) is 0 Å². The highest BCUT2D eigenvalue weighted by Gasteiger charge is 2.36. The summed E-state index contributed by atoms with van der Waals surface area (Å²) in [5.41, 5.74) is 8.50. The van der Waals surface area contributed by atoms with Gasteiger partial charge in [0.25, 0.3) is 0 Å². The predicted molar refractivity (Wildman–Crippen MR) is 55.4 cm³/mol. The fourth-order valence-corrected chi connectivity index (χ4v) is 2.27. The van der Waals surface area contributed by atoms with Crippen LogP contribution in [0.25, 0.3) is 0 Å². The van der Waals surface area contributed by atoms with Crippen LogP contribution in [0.3, 0.4) is 0 Å².